The van der Waals surface area contributed by atoms with Gasteiger partial charge in [0.05, 0.1) is 6.61 Å². The normalized spacial score (nSPS) is 26.9. The monoisotopic (exact) mass is 188 g/mol. The molecule has 1 saturated carbocycles. The summed E-state index contributed by atoms with van der Waals surface area (Å²) in [6.45, 7) is 5.58. The van der Waals surface area contributed by atoms with Gasteiger partial charge in [0.1, 0.15) is 5.75 Å². The SMILES string of the molecule is CC1(C)C[C@H]1c1cccc2c1CCO2. The largest absolute Gasteiger partial charge is 0.493 e. The van der Waals surface area contributed by atoms with Crippen LogP contribution in [-0.4, -0.2) is 6.61 Å². The van der Waals surface area contributed by atoms with Crippen LogP contribution in [0.25, 0.3) is 0 Å². The predicted octanol–water partition coefficient (Wildman–Crippen LogP) is 3.14. The molecule has 0 radical (unpaired) electrons. The molecule has 1 heterocycles. The molecule has 0 unspecified atom stereocenters. The summed E-state index contributed by atoms with van der Waals surface area (Å²) in [7, 11) is 0. The molecular weight excluding hydrogens is 172 g/mol. The standard InChI is InChI=1S/C13H16O/c1-13(2)8-11(13)9-4-3-5-12-10(9)6-7-14-12/h3-5,11H,6-8H2,1-2H3/t11-/m0/s1. The van der Waals surface area contributed by atoms with Gasteiger partial charge in [-0.05, 0) is 29.4 Å². The quantitative estimate of drug-likeness (QED) is 0.658. The van der Waals surface area contributed by atoms with E-state index in [1.54, 1.807) is 5.56 Å². The zero-order chi connectivity index (χ0) is 9.76. The van der Waals surface area contributed by atoms with E-state index in [4.69, 9.17) is 4.74 Å². The minimum absolute atomic E-state index is 0.526. The highest BCUT2D eigenvalue weighted by Gasteiger charge is 2.47. The van der Waals surface area contributed by atoms with Crippen molar-refractivity contribution in [2.24, 2.45) is 5.41 Å². The van der Waals surface area contributed by atoms with Crippen LogP contribution in [0.1, 0.15) is 37.3 Å². The van der Waals surface area contributed by atoms with E-state index in [0.29, 0.717) is 5.41 Å². The van der Waals surface area contributed by atoms with Gasteiger partial charge < -0.3 is 4.74 Å². The zero-order valence-corrected chi connectivity index (χ0v) is 8.84. The van der Waals surface area contributed by atoms with Crippen LogP contribution in [0.3, 0.4) is 0 Å². The maximum Gasteiger partial charge on any atom is 0.122 e. The summed E-state index contributed by atoms with van der Waals surface area (Å²) in [5.74, 6) is 1.91. The topological polar surface area (TPSA) is 9.23 Å². The van der Waals surface area contributed by atoms with Gasteiger partial charge in [0.2, 0.25) is 0 Å². The van der Waals surface area contributed by atoms with Crippen molar-refractivity contribution in [3.05, 3.63) is 29.3 Å². The fraction of sp³-hybridized carbons (Fsp3) is 0.538. The Hall–Kier alpha value is -0.980. The summed E-state index contributed by atoms with van der Waals surface area (Å²) in [5, 5.41) is 0. The molecule has 0 spiro atoms. The minimum Gasteiger partial charge on any atom is -0.493 e. The fourth-order valence-corrected chi connectivity index (χ4v) is 2.57. The van der Waals surface area contributed by atoms with E-state index >= 15 is 0 Å². The molecule has 1 fully saturated rings. The van der Waals surface area contributed by atoms with Crippen molar-refractivity contribution < 1.29 is 4.74 Å². The lowest BCUT2D eigenvalue weighted by Gasteiger charge is -2.08. The molecular formula is C13H16O. The summed E-state index contributed by atoms with van der Waals surface area (Å²) < 4.78 is 5.59. The molecule has 1 aliphatic carbocycles. The first-order valence-electron chi connectivity index (χ1n) is 5.43. The van der Waals surface area contributed by atoms with Crippen LogP contribution < -0.4 is 4.74 Å². The number of fused-ring (bicyclic) bond motifs is 1. The summed E-state index contributed by atoms with van der Waals surface area (Å²) >= 11 is 0. The Morgan fingerprint density at radius 2 is 2.14 bits per heavy atom. The van der Waals surface area contributed by atoms with Gasteiger partial charge in [0.15, 0.2) is 0 Å². The molecule has 1 atom stereocenters. The molecule has 1 aliphatic heterocycles. The van der Waals surface area contributed by atoms with Crippen LogP contribution in [0.5, 0.6) is 5.75 Å². The van der Waals surface area contributed by atoms with Gasteiger partial charge in [-0.15, -0.1) is 0 Å². The Balaban J connectivity index is 2.04. The average Bonchev–Trinajstić information content (AvgIpc) is 2.64. The third-order valence-electron chi connectivity index (χ3n) is 3.67. The van der Waals surface area contributed by atoms with Gasteiger partial charge in [-0.25, -0.2) is 0 Å². The first-order chi connectivity index (χ1) is 6.68. The zero-order valence-electron chi connectivity index (χ0n) is 8.84. The van der Waals surface area contributed by atoms with Crippen LogP contribution in [0, 0.1) is 5.41 Å². The van der Waals surface area contributed by atoms with Gasteiger partial charge in [-0.1, -0.05) is 26.0 Å². The van der Waals surface area contributed by atoms with Crippen molar-refractivity contribution in [3.8, 4) is 5.75 Å². The molecule has 3 rings (SSSR count). The smallest absolute Gasteiger partial charge is 0.122 e. The third-order valence-corrected chi connectivity index (χ3v) is 3.67. The molecule has 0 saturated heterocycles. The highest BCUT2D eigenvalue weighted by molar-refractivity contribution is 5.47. The van der Waals surface area contributed by atoms with Crippen LogP contribution >= 0.6 is 0 Å². The Morgan fingerprint density at radius 1 is 1.36 bits per heavy atom. The third kappa shape index (κ3) is 1.08. The molecule has 0 N–H and O–H groups in total. The second-order valence-corrected chi connectivity index (χ2v) is 5.17. The van der Waals surface area contributed by atoms with E-state index in [-0.39, 0.29) is 0 Å². The summed E-state index contributed by atoms with van der Waals surface area (Å²) in [4.78, 5) is 0. The average molecular weight is 188 g/mol. The second-order valence-electron chi connectivity index (χ2n) is 5.17. The van der Waals surface area contributed by atoms with E-state index in [0.717, 1.165) is 24.7 Å². The fourth-order valence-electron chi connectivity index (χ4n) is 2.57. The molecule has 0 aromatic heterocycles. The number of rotatable bonds is 1. The van der Waals surface area contributed by atoms with Crippen molar-refractivity contribution >= 4 is 0 Å². The van der Waals surface area contributed by atoms with Crippen LogP contribution in [0.15, 0.2) is 18.2 Å². The highest BCUT2D eigenvalue weighted by Crippen LogP contribution is 2.60. The summed E-state index contributed by atoms with van der Waals surface area (Å²) in [6.07, 6.45) is 2.45. The predicted molar refractivity (Wildman–Crippen MR) is 56.8 cm³/mol. The molecule has 1 aromatic rings. The van der Waals surface area contributed by atoms with Crippen molar-refractivity contribution in [3.63, 3.8) is 0 Å². The Bertz CT molecular complexity index is 379. The van der Waals surface area contributed by atoms with Crippen LogP contribution in [-0.2, 0) is 6.42 Å². The summed E-state index contributed by atoms with van der Waals surface area (Å²) in [6, 6.07) is 6.52. The van der Waals surface area contributed by atoms with E-state index in [2.05, 4.69) is 32.0 Å². The number of hydrogen-bond acceptors (Lipinski definition) is 1. The summed E-state index contributed by atoms with van der Waals surface area (Å²) in [5.41, 5.74) is 3.55. The lowest BCUT2D eigenvalue weighted by Crippen LogP contribution is -1.94. The molecule has 0 amide bonds. The van der Waals surface area contributed by atoms with Gasteiger partial charge >= 0.3 is 0 Å². The Kier molecular flexibility index (Phi) is 1.51. The molecule has 1 heteroatoms. The van der Waals surface area contributed by atoms with E-state index in [1.807, 2.05) is 0 Å². The van der Waals surface area contributed by atoms with Crippen molar-refractivity contribution in [2.45, 2.75) is 32.6 Å². The van der Waals surface area contributed by atoms with Gasteiger partial charge in [-0.3, -0.25) is 0 Å². The lowest BCUT2D eigenvalue weighted by atomic mass is 9.97. The number of hydrogen-bond donors (Lipinski definition) is 0. The molecule has 2 aliphatic rings. The van der Waals surface area contributed by atoms with Crippen LogP contribution in [0.2, 0.25) is 0 Å². The first kappa shape index (κ1) is 8.34. The van der Waals surface area contributed by atoms with Crippen molar-refractivity contribution in [1.82, 2.24) is 0 Å². The first-order valence-corrected chi connectivity index (χ1v) is 5.43. The highest BCUT2D eigenvalue weighted by atomic mass is 16.5. The molecule has 14 heavy (non-hydrogen) atoms. The second kappa shape index (κ2) is 2.53. The molecule has 74 valence electrons. The van der Waals surface area contributed by atoms with Crippen molar-refractivity contribution in [1.29, 1.82) is 0 Å². The molecule has 0 bridgehead atoms. The van der Waals surface area contributed by atoms with E-state index in [1.165, 1.54) is 12.0 Å². The lowest BCUT2D eigenvalue weighted by molar-refractivity contribution is 0.357. The molecule has 1 nitrogen and oxygen atoms in total. The number of ether oxygens (including phenoxy) is 1. The number of benzene rings is 1. The van der Waals surface area contributed by atoms with Gasteiger partial charge in [-0.2, -0.15) is 0 Å². The Labute approximate surface area is 85.1 Å². The minimum atomic E-state index is 0.526. The molecule has 1 aromatic carbocycles. The van der Waals surface area contributed by atoms with Gasteiger partial charge in [0, 0.05) is 12.0 Å². The van der Waals surface area contributed by atoms with Crippen molar-refractivity contribution in [2.75, 3.05) is 6.61 Å². The van der Waals surface area contributed by atoms with E-state index < -0.39 is 0 Å². The Morgan fingerprint density at radius 3 is 2.86 bits per heavy atom. The van der Waals surface area contributed by atoms with Gasteiger partial charge in [0.25, 0.3) is 0 Å². The maximum atomic E-state index is 5.59. The maximum absolute atomic E-state index is 5.59. The van der Waals surface area contributed by atoms with Crippen LogP contribution in [0.4, 0.5) is 0 Å². The van der Waals surface area contributed by atoms with E-state index in [9.17, 15) is 0 Å².